The summed E-state index contributed by atoms with van der Waals surface area (Å²) in [5.74, 6) is -3.09. The van der Waals surface area contributed by atoms with Crippen LogP contribution in [0, 0.1) is 11.3 Å². The standard InChI is InChI=1S/C21H28F2N4O4/c1-20(2,3)31-19(28)27-8-7-18(21(22,23)12-27)30-17-10-14(29-6)9-16(15(17)11-24)25-13-26(4)5/h9-10,13,18H,7-8,12H2,1-6H3. The van der Waals surface area contributed by atoms with Crippen LogP contribution in [-0.2, 0) is 4.74 Å². The number of hydrogen-bond acceptors (Lipinski definition) is 6. The molecule has 10 heteroatoms. The van der Waals surface area contributed by atoms with E-state index in [0.29, 0.717) is 5.75 Å². The van der Waals surface area contributed by atoms with Crippen LogP contribution in [0.1, 0.15) is 32.8 Å². The lowest BCUT2D eigenvalue weighted by Gasteiger charge is -2.38. The molecule has 2 rings (SSSR count). The molecule has 1 aliphatic heterocycles. The van der Waals surface area contributed by atoms with E-state index in [0.717, 1.165) is 4.90 Å². The molecule has 31 heavy (non-hydrogen) atoms. The average molecular weight is 438 g/mol. The number of aliphatic imine (C=N–C) groups is 1. The minimum Gasteiger partial charge on any atom is -0.497 e. The molecule has 170 valence electrons. The van der Waals surface area contributed by atoms with Crippen molar-refractivity contribution in [3.8, 4) is 17.6 Å². The number of alkyl halides is 2. The third-order valence-electron chi connectivity index (χ3n) is 4.28. The molecule has 1 amide bonds. The number of rotatable bonds is 5. The van der Waals surface area contributed by atoms with Gasteiger partial charge in [-0.2, -0.15) is 5.26 Å². The Labute approximate surface area is 181 Å². The lowest BCUT2D eigenvalue weighted by molar-refractivity contribution is -0.137. The molecule has 8 nitrogen and oxygen atoms in total. The van der Waals surface area contributed by atoms with Gasteiger partial charge in [-0.3, -0.25) is 0 Å². The van der Waals surface area contributed by atoms with Crippen molar-refractivity contribution < 1.29 is 27.8 Å². The van der Waals surface area contributed by atoms with Crippen LogP contribution in [0.2, 0.25) is 0 Å². The quantitative estimate of drug-likeness (QED) is 0.513. The second kappa shape index (κ2) is 9.37. The number of nitriles is 1. The van der Waals surface area contributed by atoms with E-state index >= 15 is 0 Å². The molecule has 1 aromatic carbocycles. The van der Waals surface area contributed by atoms with Crippen molar-refractivity contribution in [3.63, 3.8) is 0 Å². The molecule has 0 aromatic heterocycles. The Bertz CT molecular complexity index is 875. The smallest absolute Gasteiger partial charge is 0.410 e. The number of ether oxygens (including phenoxy) is 3. The molecule has 1 unspecified atom stereocenters. The first-order valence-electron chi connectivity index (χ1n) is 9.71. The van der Waals surface area contributed by atoms with E-state index < -0.39 is 30.3 Å². The molecule has 0 saturated carbocycles. The van der Waals surface area contributed by atoms with Crippen molar-refractivity contribution in [2.45, 2.75) is 44.8 Å². The van der Waals surface area contributed by atoms with E-state index in [9.17, 15) is 18.8 Å². The number of piperidine rings is 1. The van der Waals surface area contributed by atoms with Gasteiger partial charge in [-0.05, 0) is 20.8 Å². The molecule has 1 atom stereocenters. The molecule has 0 spiro atoms. The third kappa shape index (κ3) is 6.44. The van der Waals surface area contributed by atoms with Crippen LogP contribution >= 0.6 is 0 Å². The Morgan fingerprint density at radius 3 is 2.58 bits per heavy atom. The van der Waals surface area contributed by atoms with Crippen LogP contribution in [0.15, 0.2) is 17.1 Å². The number of nitrogens with zero attached hydrogens (tertiary/aromatic N) is 4. The Morgan fingerprint density at radius 1 is 1.39 bits per heavy atom. The molecule has 1 fully saturated rings. The summed E-state index contributed by atoms with van der Waals surface area (Å²) in [7, 11) is 4.93. The first-order chi connectivity index (χ1) is 14.4. The monoisotopic (exact) mass is 438 g/mol. The number of halogens is 2. The summed E-state index contributed by atoms with van der Waals surface area (Å²) in [5, 5.41) is 9.60. The number of benzene rings is 1. The molecule has 0 bridgehead atoms. The first kappa shape index (κ1) is 24.2. The topological polar surface area (TPSA) is 87.4 Å². The zero-order valence-electron chi connectivity index (χ0n) is 18.6. The molecule has 1 heterocycles. The van der Waals surface area contributed by atoms with Gasteiger partial charge in [-0.25, -0.2) is 18.6 Å². The largest absolute Gasteiger partial charge is 0.497 e. The lowest BCUT2D eigenvalue weighted by atomic mass is 10.0. The maximum absolute atomic E-state index is 14.8. The minimum absolute atomic E-state index is 0.0178. The number of likely N-dealkylation sites (tertiary alicyclic amines) is 1. The summed E-state index contributed by atoms with van der Waals surface area (Å²) in [4.78, 5) is 19.0. The number of hydrogen-bond donors (Lipinski definition) is 0. The van der Waals surface area contributed by atoms with Gasteiger partial charge < -0.3 is 24.0 Å². The van der Waals surface area contributed by atoms with E-state index in [1.54, 1.807) is 39.8 Å². The van der Waals surface area contributed by atoms with Gasteiger partial charge in [0, 0.05) is 39.2 Å². The molecule has 0 aliphatic carbocycles. The number of methoxy groups -OCH3 is 1. The number of carbonyl (C=O) groups excluding carboxylic acids is 1. The van der Waals surface area contributed by atoms with Gasteiger partial charge in [0.15, 0.2) is 6.10 Å². The van der Waals surface area contributed by atoms with Crippen molar-refractivity contribution >= 4 is 18.1 Å². The van der Waals surface area contributed by atoms with Crippen LogP contribution in [0.5, 0.6) is 11.5 Å². The predicted molar refractivity (Wildman–Crippen MR) is 111 cm³/mol. The summed E-state index contributed by atoms with van der Waals surface area (Å²) >= 11 is 0. The maximum Gasteiger partial charge on any atom is 0.410 e. The summed E-state index contributed by atoms with van der Waals surface area (Å²) < 4.78 is 45.7. The number of amides is 1. The summed E-state index contributed by atoms with van der Waals surface area (Å²) in [5.41, 5.74) is -0.532. The highest BCUT2D eigenvalue weighted by Crippen LogP contribution is 2.38. The van der Waals surface area contributed by atoms with E-state index in [-0.39, 0.29) is 30.0 Å². The molecule has 1 saturated heterocycles. The highest BCUT2D eigenvalue weighted by molar-refractivity contribution is 5.70. The third-order valence-corrected chi connectivity index (χ3v) is 4.28. The van der Waals surface area contributed by atoms with Crippen LogP contribution in [-0.4, -0.2) is 74.2 Å². The van der Waals surface area contributed by atoms with Gasteiger partial charge in [0.05, 0.1) is 25.7 Å². The Balaban J connectivity index is 2.27. The summed E-state index contributed by atoms with van der Waals surface area (Å²) in [6, 6.07) is 4.87. The van der Waals surface area contributed by atoms with Gasteiger partial charge in [0.2, 0.25) is 0 Å². The average Bonchev–Trinajstić information content (AvgIpc) is 2.65. The Hall–Kier alpha value is -3.09. The van der Waals surface area contributed by atoms with Crippen molar-refractivity contribution in [2.24, 2.45) is 4.99 Å². The Kier molecular flexibility index (Phi) is 7.31. The van der Waals surface area contributed by atoms with Gasteiger partial charge in [-0.15, -0.1) is 0 Å². The fraction of sp³-hybridized carbons (Fsp3) is 0.571. The zero-order valence-corrected chi connectivity index (χ0v) is 18.6. The van der Waals surface area contributed by atoms with Crippen LogP contribution < -0.4 is 9.47 Å². The molecule has 1 aromatic rings. The first-order valence-corrected chi connectivity index (χ1v) is 9.71. The Morgan fingerprint density at radius 2 is 2.06 bits per heavy atom. The van der Waals surface area contributed by atoms with Gasteiger partial charge in [0.25, 0.3) is 0 Å². The molecule has 1 aliphatic rings. The zero-order chi connectivity index (χ0) is 23.4. The normalized spacial score (nSPS) is 18.4. The van der Waals surface area contributed by atoms with Gasteiger partial charge >= 0.3 is 12.0 Å². The van der Waals surface area contributed by atoms with Crippen molar-refractivity contribution in [3.05, 3.63) is 17.7 Å². The van der Waals surface area contributed by atoms with E-state index in [2.05, 4.69) is 4.99 Å². The van der Waals surface area contributed by atoms with Gasteiger partial charge in [-0.1, -0.05) is 0 Å². The van der Waals surface area contributed by atoms with Crippen molar-refractivity contribution in [1.82, 2.24) is 9.80 Å². The van der Waals surface area contributed by atoms with E-state index in [1.165, 1.54) is 25.6 Å². The fourth-order valence-corrected chi connectivity index (χ4v) is 2.88. The van der Waals surface area contributed by atoms with E-state index in [4.69, 9.17) is 14.2 Å². The van der Waals surface area contributed by atoms with Crippen LogP contribution in [0.25, 0.3) is 0 Å². The highest BCUT2D eigenvalue weighted by atomic mass is 19.3. The molecule has 0 radical (unpaired) electrons. The second-order valence-electron chi connectivity index (χ2n) is 8.40. The second-order valence-corrected chi connectivity index (χ2v) is 8.40. The van der Waals surface area contributed by atoms with Gasteiger partial charge in [0.1, 0.15) is 28.7 Å². The molecule has 0 N–H and O–H groups in total. The number of carbonyl (C=O) groups is 1. The summed E-state index contributed by atoms with van der Waals surface area (Å²) in [6.07, 6.45) is -0.987. The molecular formula is C21H28F2N4O4. The van der Waals surface area contributed by atoms with Crippen LogP contribution in [0.3, 0.4) is 0 Å². The summed E-state index contributed by atoms with van der Waals surface area (Å²) in [6.45, 7) is 4.20. The minimum atomic E-state index is -3.35. The highest BCUT2D eigenvalue weighted by Gasteiger charge is 2.48. The fourth-order valence-electron chi connectivity index (χ4n) is 2.88. The van der Waals surface area contributed by atoms with Crippen LogP contribution in [0.4, 0.5) is 19.3 Å². The van der Waals surface area contributed by atoms with Crippen molar-refractivity contribution in [2.75, 3.05) is 34.3 Å². The predicted octanol–water partition coefficient (Wildman–Crippen LogP) is 3.81. The lowest BCUT2D eigenvalue weighted by Crippen LogP contribution is -2.56. The van der Waals surface area contributed by atoms with E-state index in [1.807, 2.05) is 6.07 Å². The maximum atomic E-state index is 14.8. The van der Waals surface area contributed by atoms with Crippen molar-refractivity contribution in [1.29, 1.82) is 5.26 Å². The SMILES string of the molecule is COc1cc(N=CN(C)C)c(C#N)c(OC2CCN(C(=O)OC(C)(C)C)CC2(F)F)c1. The molecular weight excluding hydrogens is 410 g/mol.